The monoisotopic (exact) mass is 391 g/mol. The van der Waals surface area contributed by atoms with Gasteiger partial charge in [0.15, 0.2) is 23.0 Å². The Morgan fingerprint density at radius 2 is 1.18 bits per heavy atom. The van der Waals surface area contributed by atoms with E-state index < -0.39 is 11.9 Å². The van der Waals surface area contributed by atoms with E-state index in [1.165, 1.54) is 59.8 Å². The van der Waals surface area contributed by atoms with Crippen molar-refractivity contribution < 1.29 is 38.4 Å². The van der Waals surface area contributed by atoms with E-state index >= 15 is 0 Å². The highest BCUT2D eigenvalue weighted by atomic mass is 16.5. The van der Waals surface area contributed by atoms with Crippen LogP contribution >= 0.6 is 0 Å². The van der Waals surface area contributed by atoms with Crippen molar-refractivity contribution in [2.24, 2.45) is 0 Å². The molecule has 0 saturated heterocycles. The lowest BCUT2D eigenvalue weighted by atomic mass is 10.1. The van der Waals surface area contributed by atoms with Crippen molar-refractivity contribution >= 4 is 17.6 Å². The van der Waals surface area contributed by atoms with Gasteiger partial charge in [0, 0.05) is 5.56 Å². The van der Waals surface area contributed by atoms with Crippen molar-refractivity contribution in [3.05, 3.63) is 35.4 Å². The Balaban J connectivity index is 2.50. The number of carbonyl (C=O) groups excluding carboxylic acids is 1. The number of amides is 1. The molecular formula is C19H21NO8. The summed E-state index contributed by atoms with van der Waals surface area (Å²) in [6.45, 7) is 0. The number of benzene rings is 2. The van der Waals surface area contributed by atoms with E-state index in [9.17, 15) is 14.7 Å². The number of ether oxygens (including phenoxy) is 5. The summed E-state index contributed by atoms with van der Waals surface area (Å²) in [5.74, 6) is -0.414. The molecule has 0 aromatic heterocycles. The molecule has 0 bridgehead atoms. The molecule has 2 N–H and O–H groups in total. The summed E-state index contributed by atoms with van der Waals surface area (Å²) < 4.78 is 26.2. The molecule has 0 heterocycles. The number of carbonyl (C=O) groups is 2. The lowest BCUT2D eigenvalue weighted by molar-refractivity contribution is 0.0696. The Hall–Kier alpha value is -3.62. The number of carboxylic acid groups (broad SMARTS) is 1. The summed E-state index contributed by atoms with van der Waals surface area (Å²) in [7, 11) is 7.07. The number of aromatic carboxylic acids is 1. The minimum absolute atomic E-state index is 0.0714. The molecule has 9 nitrogen and oxygen atoms in total. The largest absolute Gasteiger partial charge is 0.493 e. The van der Waals surface area contributed by atoms with Gasteiger partial charge in [0.1, 0.15) is 0 Å². The van der Waals surface area contributed by atoms with Crippen LogP contribution in [0.1, 0.15) is 20.7 Å². The molecule has 1 amide bonds. The molecular weight excluding hydrogens is 370 g/mol. The van der Waals surface area contributed by atoms with Crippen molar-refractivity contribution in [3.63, 3.8) is 0 Å². The zero-order valence-corrected chi connectivity index (χ0v) is 16.1. The average Bonchev–Trinajstić information content (AvgIpc) is 2.71. The first-order valence-electron chi connectivity index (χ1n) is 8.00. The summed E-state index contributed by atoms with van der Waals surface area (Å²) in [6.07, 6.45) is 0. The van der Waals surface area contributed by atoms with Crippen LogP contribution in [0.15, 0.2) is 24.3 Å². The van der Waals surface area contributed by atoms with Crippen LogP contribution in [0.4, 0.5) is 5.69 Å². The molecule has 0 aliphatic heterocycles. The zero-order valence-electron chi connectivity index (χ0n) is 16.1. The molecule has 0 atom stereocenters. The van der Waals surface area contributed by atoms with Crippen molar-refractivity contribution in [1.82, 2.24) is 0 Å². The minimum Gasteiger partial charge on any atom is -0.493 e. The van der Waals surface area contributed by atoms with Crippen LogP contribution < -0.4 is 29.0 Å². The molecule has 0 unspecified atom stereocenters. The second-order valence-electron chi connectivity index (χ2n) is 5.43. The highest BCUT2D eigenvalue weighted by Gasteiger charge is 2.21. The van der Waals surface area contributed by atoms with Gasteiger partial charge < -0.3 is 34.1 Å². The molecule has 0 fully saturated rings. The van der Waals surface area contributed by atoms with E-state index in [1.54, 1.807) is 0 Å². The van der Waals surface area contributed by atoms with Gasteiger partial charge in [0.25, 0.3) is 5.91 Å². The second-order valence-corrected chi connectivity index (χ2v) is 5.43. The van der Waals surface area contributed by atoms with Crippen molar-refractivity contribution in [3.8, 4) is 28.7 Å². The maximum atomic E-state index is 12.8. The van der Waals surface area contributed by atoms with Gasteiger partial charge in [-0.1, -0.05) is 0 Å². The Kier molecular flexibility index (Phi) is 6.54. The van der Waals surface area contributed by atoms with Gasteiger partial charge in [-0.05, 0) is 24.3 Å². The summed E-state index contributed by atoms with van der Waals surface area (Å²) in [4.78, 5) is 24.2. The Morgan fingerprint density at radius 1 is 0.714 bits per heavy atom. The van der Waals surface area contributed by atoms with E-state index in [4.69, 9.17) is 23.7 Å². The highest BCUT2D eigenvalue weighted by molar-refractivity contribution is 6.06. The maximum absolute atomic E-state index is 12.8. The Morgan fingerprint density at radius 3 is 1.61 bits per heavy atom. The fraction of sp³-hybridized carbons (Fsp3) is 0.263. The van der Waals surface area contributed by atoms with Gasteiger partial charge in [0.2, 0.25) is 5.75 Å². The number of hydrogen-bond donors (Lipinski definition) is 2. The molecule has 2 aromatic carbocycles. The molecule has 150 valence electrons. The van der Waals surface area contributed by atoms with E-state index in [0.717, 1.165) is 0 Å². The van der Waals surface area contributed by atoms with Gasteiger partial charge in [-0.2, -0.15) is 0 Å². The summed E-state index contributed by atoms with van der Waals surface area (Å²) >= 11 is 0. The van der Waals surface area contributed by atoms with Crippen LogP contribution in [-0.4, -0.2) is 52.5 Å². The molecule has 0 saturated carbocycles. The van der Waals surface area contributed by atoms with Crippen LogP contribution in [0, 0.1) is 0 Å². The van der Waals surface area contributed by atoms with Gasteiger partial charge in [0.05, 0.1) is 46.8 Å². The quantitative estimate of drug-likeness (QED) is 0.706. The van der Waals surface area contributed by atoms with E-state index in [0.29, 0.717) is 17.2 Å². The number of rotatable bonds is 8. The van der Waals surface area contributed by atoms with E-state index in [2.05, 4.69) is 5.32 Å². The number of hydrogen-bond acceptors (Lipinski definition) is 7. The third kappa shape index (κ3) is 4.03. The molecule has 2 aromatic rings. The second kappa shape index (κ2) is 8.85. The number of anilines is 1. The van der Waals surface area contributed by atoms with Crippen LogP contribution in [0.5, 0.6) is 28.7 Å². The normalized spacial score (nSPS) is 10.0. The fourth-order valence-electron chi connectivity index (χ4n) is 2.59. The van der Waals surface area contributed by atoms with Crippen LogP contribution in [0.3, 0.4) is 0 Å². The highest BCUT2D eigenvalue weighted by Crippen LogP contribution is 2.40. The van der Waals surface area contributed by atoms with Crippen molar-refractivity contribution in [2.75, 3.05) is 40.9 Å². The van der Waals surface area contributed by atoms with Gasteiger partial charge in [-0.3, -0.25) is 4.79 Å². The molecule has 9 heteroatoms. The van der Waals surface area contributed by atoms with Crippen molar-refractivity contribution in [1.29, 1.82) is 0 Å². The first kappa shape index (κ1) is 20.7. The summed E-state index contributed by atoms with van der Waals surface area (Å²) in [5.41, 5.74) is 0.270. The van der Waals surface area contributed by atoms with Crippen LogP contribution in [-0.2, 0) is 0 Å². The fourth-order valence-corrected chi connectivity index (χ4v) is 2.59. The third-order valence-electron chi connectivity index (χ3n) is 3.90. The molecule has 2 rings (SSSR count). The van der Waals surface area contributed by atoms with Gasteiger partial charge in [-0.15, -0.1) is 0 Å². The van der Waals surface area contributed by atoms with E-state index in [-0.39, 0.29) is 28.3 Å². The number of methoxy groups -OCH3 is 5. The summed E-state index contributed by atoms with van der Waals surface area (Å²) in [6, 6.07) is 5.53. The van der Waals surface area contributed by atoms with Crippen LogP contribution in [0.2, 0.25) is 0 Å². The lowest BCUT2D eigenvalue weighted by Gasteiger charge is -2.16. The van der Waals surface area contributed by atoms with E-state index in [1.807, 2.05) is 0 Å². The Labute approximate surface area is 161 Å². The molecule has 28 heavy (non-hydrogen) atoms. The smallest absolute Gasteiger partial charge is 0.335 e. The first-order valence-corrected chi connectivity index (χ1v) is 8.00. The number of carboxylic acids is 1. The Bertz CT molecular complexity index is 869. The predicted octanol–water partition coefficient (Wildman–Crippen LogP) is 2.68. The molecule has 0 radical (unpaired) electrons. The van der Waals surface area contributed by atoms with Crippen LogP contribution in [0.25, 0.3) is 0 Å². The lowest BCUT2D eigenvalue weighted by Crippen LogP contribution is -2.14. The minimum atomic E-state index is -1.18. The molecule has 0 aliphatic rings. The zero-order chi connectivity index (χ0) is 20.8. The molecule has 0 aliphatic carbocycles. The third-order valence-corrected chi connectivity index (χ3v) is 3.90. The van der Waals surface area contributed by atoms with Gasteiger partial charge in [-0.25, -0.2) is 4.79 Å². The number of nitrogens with one attached hydrogen (secondary N) is 1. The average molecular weight is 391 g/mol. The maximum Gasteiger partial charge on any atom is 0.335 e. The first-order chi connectivity index (χ1) is 13.4. The topological polar surface area (TPSA) is 113 Å². The summed E-state index contributed by atoms with van der Waals surface area (Å²) in [5, 5.41) is 11.9. The standard InChI is InChI=1S/C19H21NO8/c1-24-13-9-11(19(22)23)6-12(16(13)27-4)20-18(21)10-7-14(25-2)17(28-5)15(8-10)26-3/h6-9H,1-5H3,(H,20,21)(H,22,23). The SMILES string of the molecule is COc1cc(C(=O)O)cc(NC(=O)c2cc(OC)c(OC)c(OC)c2)c1OC. The predicted molar refractivity (Wildman–Crippen MR) is 101 cm³/mol. The van der Waals surface area contributed by atoms with Gasteiger partial charge >= 0.3 is 5.97 Å². The molecule has 0 spiro atoms. The van der Waals surface area contributed by atoms with Crippen molar-refractivity contribution in [2.45, 2.75) is 0 Å².